The lowest BCUT2D eigenvalue weighted by Crippen LogP contribution is -2.35. The van der Waals surface area contributed by atoms with Gasteiger partial charge in [0.15, 0.2) is 17.2 Å². The van der Waals surface area contributed by atoms with Crippen LogP contribution in [0, 0.1) is 0 Å². The van der Waals surface area contributed by atoms with Crippen LogP contribution in [0.3, 0.4) is 0 Å². The van der Waals surface area contributed by atoms with Crippen LogP contribution in [0.25, 0.3) is 11.1 Å². The molecule has 1 aliphatic rings. The molecule has 3 heterocycles. The van der Waals surface area contributed by atoms with Crippen LogP contribution < -0.4 is 9.64 Å². The Bertz CT molecular complexity index is 767. The van der Waals surface area contributed by atoms with Crippen molar-refractivity contribution in [2.45, 2.75) is 18.8 Å². The van der Waals surface area contributed by atoms with E-state index in [0.717, 1.165) is 48.9 Å². The SMILES string of the molecule is COc1cnc(N2CCCC(c3nc4ccccc4o3)C2)nc1. The average molecular weight is 310 g/mol. The summed E-state index contributed by atoms with van der Waals surface area (Å²) >= 11 is 0. The van der Waals surface area contributed by atoms with Gasteiger partial charge in [-0.05, 0) is 25.0 Å². The quantitative estimate of drug-likeness (QED) is 0.741. The van der Waals surface area contributed by atoms with Gasteiger partial charge in [0.25, 0.3) is 0 Å². The minimum Gasteiger partial charge on any atom is -0.494 e. The fourth-order valence-electron chi connectivity index (χ4n) is 3.00. The molecule has 0 bridgehead atoms. The van der Waals surface area contributed by atoms with Gasteiger partial charge in [0, 0.05) is 13.1 Å². The van der Waals surface area contributed by atoms with Gasteiger partial charge in [0.05, 0.1) is 25.4 Å². The van der Waals surface area contributed by atoms with Crippen molar-refractivity contribution in [3.05, 3.63) is 42.5 Å². The van der Waals surface area contributed by atoms with Crippen LogP contribution >= 0.6 is 0 Å². The number of anilines is 1. The third-order valence-electron chi connectivity index (χ3n) is 4.21. The monoisotopic (exact) mass is 310 g/mol. The summed E-state index contributed by atoms with van der Waals surface area (Å²) in [5.41, 5.74) is 1.76. The molecule has 0 aliphatic carbocycles. The zero-order valence-electron chi connectivity index (χ0n) is 13.0. The van der Waals surface area contributed by atoms with Crippen molar-refractivity contribution in [2.75, 3.05) is 25.1 Å². The van der Waals surface area contributed by atoms with Crippen molar-refractivity contribution in [1.29, 1.82) is 0 Å². The summed E-state index contributed by atoms with van der Waals surface area (Å²) in [4.78, 5) is 15.6. The van der Waals surface area contributed by atoms with Crippen LogP contribution in [-0.4, -0.2) is 35.2 Å². The first-order valence-corrected chi connectivity index (χ1v) is 7.80. The van der Waals surface area contributed by atoms with E-state index in [1.54, 1.807) is 19.5 Å². The van der Waals surface area contributed by atoms with E-state index in [2.05, 4.69) is 19.9 Å². The summed E-state index contributed by atoms with van der Waals surface area (Å²) in [5, 5.41) is 0. The first-order chi connectivity index (χ1) is 11.3. The van der Waals surface area contributed by atoms with Crippen molar-refractivity contribution >= 4 is 17.0 Å². The van der Waals surface area contributed by atoms with Gasteiger partial charge in [-0.2, -0.15) is 0 Å². The molecule has 1 atom stereocenters. The van der Waals surface area contributed by atoms with E-state index in [0.29, 0.717) is 5.75 Å². The van der Waals surface area contributed by atoms with E-state index in [1.165, 1.54) is 0 Å². The summed E-state index contributed by atoms with van der Waals surface area (Å²) < 4.78 is 11.0. The number of oxazole rings is 1. The number of aromatic nitrogens is 3. The van der Waals surface area contributed by atoms with E-state index in [4.69, 9.17) is 9.15 Å². The smallest absolute Gasteiger partial charge is 0.225 e. The molecule has 3 aromatic rings. The highest BCUT2D eigenvalue weighted by molar-refractivity contribution is 5.72. The molecule has 1 unspecified atom stereocenters. The lowest BCUT2D eigenvalue weighted by atomic mass is 9.98. The number of fused-ring (bicyclic) bond motifs is 1. The van der Waals surface area contributed by atoms with Crippen molar-refractivity contribution < 1.29 is 9.15 Å². The Balaban J connectivity index is 1.56. The first kappa shape index (κ1) is 14.0. The number of rotatable bonds is 3. The van der Waals surface area contributed by atoms with Gasteiger partial charge < -0.3 is 14.1 Å². The van der Waals surface area contributed by atoms with Gasteiger partial charge in [-0.15, -0.1) is 0 Å². The zero-order valence-corrected chi connectivity index (χ0v) is 13.0. The highest BCUT2D eigenvalue weighted by atomic mass is 16.5. The number of hydrogen-bond acceptors (Lipinski definition) is 6. The summed E-state index contributed by atoms with van der Waals surface area (Å²) in [6.07, 6.45) is 5.54. The number of methoxy groups -OCH3 is 1. The molecule has 1 aliphatic heterocycles. The summed E-state index contributed by atoms with van der Waals surface area (Å²) in [7, 11) is 1.61. The predicted octanol–water partition coefficient (Wildman–Crippen LogP) is 3.01. The Labute approximate surface area is 134 Å². The van der Waals surface area contributed by atoms with Crippen molar-refractivity contribution in [3.8, 4) is 5.75 Å². The van der Waals surface area contributed by atoms with Crippen molar-refractivity contribution in [1.82, 2.24) is 15.0 Å². The predicted molar refractivity (Wildman–Crippen MR) is 86.8 cm³/mol. The van der Waals surface area contributed by atoms with Gasteiger partial charge in [-0.25, -0.2) is 15.0 Å². The van der Waals surface area contributed by atoms with Gasteiger partial charge in [-0.3, -0.25) is 0 Å². The largest absolute Gasteiger partial charge is 0.494 e. The van der Waals surface area contributed by atoms with Gasteiger partial charge in [0.2, 0.25) is 5.95 Å². The third-order valence-corrected chi connectivity index (χ3v) is 4.21. The van der Waals surface area contributed by atoms with Crippen LogP contribution in [-0.2, 0) is 0 Å². The summed E-state index contributed by atoms with van der Waals surface area (Å²) in [5.74, 6) is 2.47. The fraction of sp³-hybridized carbons (Fsp3) is 0.353. The molecule has 1 fully saturated rings. The second-order valence-electron chi connectivity index (χ2n) is 5.73. The number of piperidine rings is 1. The highest BCUT2D eigenvalue weighted by Gasteiger charge is 2.26. The fourth-order valence-corrected chi connectivity index (χ4v) is 3.00. The van der Waals surface area contributed by atoms with Gasteiger partial charge >= 0.3 is 0 Å². The lowest BCUT2D eigenvalue weighted by Gasteiger charge is -2.31. The molecule has 6 nitrogen and oxygen atoms in total. The molecule has 23 heavy (non-hydrogen) atoms. The molecule has 0 amide bonds. The number of ether oxygens (including phenoxy) is 1. The number of hydrogen-bond donors (Lipinski definition) is 0. The molecule has 0 N–H and O–H groups in total. The minimum absolute atomic E-state index is 0.266. The summed E-state index contributed by atoms with van der Waals surface area (Å²) in [6.45, 7) is 1.77. The van der Waals surface area contributed by atoms with Crippen LogP contribution in [0.2, 0.25) is 0 Å². The maximum absolute atomic E-state index is 5.93. The topological polar surface area (TPSA) is 64.3 Å². The highest BCUT2D eigenvalue weighted by Crippen LogP contribution is 2.30. The molecule has 118 valence electrons. The zero-order chi connectivity index (χ0) is 15.6. The van der Waals surface area contributed by atoms with Crippen LogP contribution in [0.4, 0.5) is 5.95 Å². The number of nitrogens with zero attached hydrogens (tertiary/aromatic N) is 4. The molecule has 6 heteroatoms. The van der Waals surface area contributed by atoms with Crippen molar-refractivity contribution in [3.63, 3.8) is 0 Å². The molecule has 2 aromatic heterocycles. The Kier molecular flexibility index (Phi) is 3.57. The Morgan fingerprint density at radius 2 is 2.04 bits per heavy atom. The Hall–Kier alpha value is -2.63. The average Bonchev–Trinajstić information content (AvgIpc) is 3.06. The molecule has 1 saturated heterocycles. The maximum atomic E-state index is 5.93. The van der Waals surface area contributed by atoms with Gasteiger partial charge in [-0.1, -0.05) is 12.1 Å². The minimum atomic E-state index is 0.266. The lowest BCUT2D eigenvalue weighted by molar-refractivity contribution is 0.404. The molecule has 0 saturated carbocycles. The number of benzene rings is 1. The van der Waals surface area contributed by atoms with E-state index < -0.39 is 0 Å². The van der Waals surface area contributed by atoms with E-state index in [1.807, 2.05) is 24.3 Å². The standard InChI is InChI=1S/C17H18N4O2/c1-22-13-9-18-17(19-10-13)21-8-4-5-12(11-21)16-20-14-6-2-3-7-15(14)23-16/h2-3,6-7,9-10,12H,4-5,8,11H2,1H3. The molecule has 4 rings (SSSR count). The van der Waals surface area contributed by atoms with Crippen molar-refractivity contribution in [2.24, 2.45) is 0 Å². The second kappa shape index (κ2) is 5.87. The Morgan fingerprint density at radius 1 is 1.22 bits per heavy atom. The summed E-state index contributed by atoms with van der Waals surface area (Å²) in [6, 6.07) is 7.89. The first-order valence-electron chi connectivity index (χ1n) is 7.80. The molecular weight excluding hydrogens is 292 g/mol. The second-order valence-corrected chi connectivity index (χ2v) is 5.73. The van der Waals surface area contributed by atoms with Gasteiger partial charge in [0.1, 0.15) is 5.52 Å². The Morgan fingerprint density at radius 3 is 2.83 bits per heavy atom. The van der Waals surface area contributed by atoms with Crippen LogP contribution in [0.15, 0.2) is 41.1 Å². The van der Waals surface area contributed by atoms with E-state index in [-0.39, 0.29) is 5.92 Å². The maximum Gasteiger partial charge on any atom is 0.225 e. The van der Waals surface area contributed by atoms with E-state index >= 15 is 0 Å². The molecule has 0 radical (unpaired) electrons. The normalized spacial score (nSPS) is 18.3. The molecular formula is C17H18N4O2. The number of para-hydroxylation sites is 2. The third kappa shape index (κ3) is 2.72. The van der Waals surface area contributed by atoms with Crippen LogP contribution in [0.1, 0.15) is 24.7 Å². The molecule has 0 spiro atoms. The van der Waals surface area contributed by atoms with E-state index in [9.17, 15) is 0 Å². The van der Waals surface area contributed by atoms with Crippen LogP contribution in [0.5, 0.6) is 5.75 Å². The molecule has 1 aromatic carbocycles.